The summed E-state index contributed by atoms with van der Waals surface area (Å²) in [7, 11) is 1.57. The van der Waals surface area contributed by atoms with Crippen molar-refractivity contribution < 1.29 is 9.47 Å². The van der Waals surface area contributed by atoms with E-state index in [1.807, 2.05) is 18.2 Å². The van der Waals surface area contributed by atoms with E-state index in [2.05, 4.69) is 20.1 Å². The number of nitrogens with zero attached hydrogens (tertiary/aromatic N) is 7. The molecule has 1 fully saturated rings. The van der Waals surface area contributed by atoms with Crippen LogP contribution in [0.3, 0.4) is 0 Å². The Morgan fingerprint density at radius 1 is 1.00 bits per heavy atom. The number of aromatic nitrogens is 5. The van der Waals surface area contributed by atoms with E-state index < -0.39 is 0 Å². The van der Waals surface area contributed by atoms with Crippen LogP contribution in [0.25, 0.3) is 16.8 Å². The summed E-state index contributed by atoms with van der Waals surface area (Å²) in [5.41, 5.74) is 3.43. The van der Waals surface area contributed by atoms with Gasteiger partial charge in [0.2, 0.25) is 11.8 Å². The van der Waals surface area contributed by atoms with Crippen LogP contribution in [0.4, 0.5) is 5.95 Å². The van der Waals surface area contributed by atoms with Crippen molar-refractivity contribution in [2.75, 3.05) is 44.9 Å². The van der Waals surface area contributed by atoms with Gasteiger partial charge in [0.15, 0.2) is 0 Å². The van der Waals surface area contributed by atoms with Crippen LogP contribution in [0.15, 0.2) is 41.7 Å². The molecule has 146 valence electrons. The van der Waals surface area contributed by atoms with Crippen molar-refractivity contribution in [1.82, 2.24) is 25.1 Å². The highest BCUT2D eigenvalue weighted by Crippen LogP contribution is 2.18. The fourth-order valence-corrected chi connectivity index (χ4v) is 3.44. The fourth-order valence-electron chi connectivity index (χ4n) is 3.44. The second-order valence-electron chi connectivity index (χ2n) is 6.66. The smallest absolute Gasteiger partial charge is 0.233 e. The zero-order valence-corrected chi connectivity index (χ0v) is 15.9. The second-order valence-corrected chi connectivity index (χ2v) is 6.66. The number of hydrogen-bond acceptors (Lipinski definition) is 9. The van der Waals surface area contributed by atoms with Crippen LogP contribution in [-0.4, -0.2) is 65.1 Å². The van der Waals surface area contributed by atoms with E-state index in [-0.39, 0.29) is 0 Å². The van der Waals surface area contributed by atoms with Crippen molar-refractivity contribution >= 4 is 11.5 Å². The molecule has 9 nitrogen and oxygen atoms in total. The molecular formula is C20H19N7O2. The highest BCUT2D eigenvalue weighted by atomic mass is 16.5. The van der Waals surface area contributed by atoms with E-state index >= 15 is 0 Å². The third kappa shape index (κ3) is 3.29. The molecule has 9 heteroatoms. The first-order chi connectivity index (χ1) is 14.3. The fraction of sp³-hybridized carbons (Fsp3) is 0.300. The van der Waals surface area contributed by atoms with Crippen molar-refractivity contribution in [2.45, 2.75) is 0 Å². The van der Waals surface area contributed by atoms with Crippen LogP contribution in [0.5, 0.6) is 5.88 Å². The standard InChI is InChI=1S/C20H19N7O2/c1-28-16-3-2-15(25-26-16)14-12-22-19-17(13-4-6-21-7-5-13)23-20(24-18(14)19)27-8-10-29-11-9-27/h2-7H,8-12H2,1H3. The molecular weight excluding hydrogens is 370 g/mol. The number of morpholine rings is 1. The molecule has 0 unspecified atom stereocenters. The van der Waals surface area contributed by atoms with Crippen LogP contribution in [-0.2, 0) is 4.74 Å². The maximum absolute atomic E-state index is 5.48. The number of ether oxygens (including phenoxy) is 2. The average Bonchev–Trinajstić information content (AvgIpc) is 3.24. The van der Waals surface area contributed by atoms with Crippen molar-refractivity contribution in [2.24, 2.45) is 4.99 Å². The molecule has 0 atom stereocenters. The first-order valence-electron chi connectivity index (χ1n) is 9.40. The number of pyridine rings is 1. The summed E-state index contributed by atoms with van der Waals surface area (Å²) in [5, 5.41) is 9.97. The predicted octanol–water partition coefficient (Wildman–Crippen LogP) is 0.00600. The van der Waals surface area contributed by atoms with Gasteiger partial charge < -0.3 is 14.4 Å². The van der Waals surface area contributed by atoms with E-state index in [0.29, 0.717) is 31.6 Å². The molecule has 2 aliphatic heterocycles. The van der Waals surface area contributed by atoms with E-state index in [0.717, 1.165) is 46.3 Å². The Labute approximate surface area is 166 Å². The van der Waals surface area contributed by atoms with Crippen molar-refractivity contribution in [3.8, 4) is 17.1 Å². The van der Waals surface area contributed by atoms with Gasteiger partial charge in [-0.25, -0.2) is 9.97 Å². The number of hydrogen-bond donors (Lipinski definition) is 0. The lowest BCUT2D eigenvalue weighted by Gasteiger charge is -2.27. The average molecular weight is 389 g/mol. The van der Waals surface area contributed by atoms with Gasteiger partial charge in [-0.05, 0) is 18.2 Å². The van der Waals surface area contributed by atoms with Gasteiger partial charge in [-0.15, -0.1) is 10.2 Å². The third-order valence-corrected chi connectivity index (χ3v) is 4.96. The summed E-state index contributed by atoms with van der Waals surface area (Å²) in [6, 6.07) is 7.55. The Morgan fingerprint density at radius 3 is 2.55 bits per heavy atom. The van der Waals surface area contributed by atoms with Crippen molar-refractivity contribution in [1.29, 1.82) is 0 Å². The summed E-state index contributed by atoms with van der Waals surface area (Å²) in [5.74, 6) is 1.15. The van der Waals surface area contributed by atoms with E-state index in [1.54, 1.807) is 25.6 Å². The minimum absolute atomic E-state index is 0.471. The molecule has 5 heterocycles. The quantitative estimate of drug-likeness (QED) is 0.615. The van der Waals surface area contributed by atoms with Gasteiger partial charge in [0.05, 0.1) is 32.6 Å². The summed E-state index contributed by atoms with van der Waals surface area (Å²) in [6.45, 7) is 3.31. The first-order valence-corrected chi connectivity index (χ1v) is 9.40. The maximum Gasteiger partial charge on any atom is 0.233 e. The largest absolute Gasteiger partial charge is 0.480 e. The maximum atomic E-state index is 5.48. The third-order valence-electron chi connectivity index (χ3n) is 4.96. The van der Waals surface area contributed by atoms with Gasteiger partial charge in [-0.2, -0.15) is 0 Å². The molecule has 3 aromatic rings. The Morgan fingerprint density at radius 2 is 1.83 bits per heavy atom. The molecule has 0 aromatic carbocycles. The predicted molar refractivity (Wildman–Crippen MR) is 105 cm³/mol. The summed E-state index contributed by atoms with van der Waals surface area (Å²) in [4.78, 5) is 20.7. The lowest BCUT2D eigenvalue weighted by molar-refractivity contribution is 0.122. The lowest BCUT2D eigenvalue weighted by Crippen LogP contribution is -2.41. The van der Waals surface area contributed by atoms with Crippen LogP contribution < -0.4 is 20.3 Å². The summed E-state index contributed by atoms with van der Waals surface area (Å²) >= 11 is 0. The van der Waals surface area contributed by atoms with Crippen LogP contribution in [0.1, 0.15) is 5.69 Å². The Bertz CT molecular complexity index is 1140. The molecule has 0 bridgehead atoms. The minimum Gasteiger partial charge on any atom is -0.480 e. The van der Waals surface area contributed by atoms with Gasteiger partial charge in [0.1, 0.15) is 16.4 Å². The second kappa shape index (κ2) is 7.51. The van der Waals surface area contributed by atoms with Crippen molar-refractivity contribution in [3.63, 3.8) is 0 Å². The normalized spacial score (nSPS) is 15.8. The SMILES string of the molecule is COc1ccc(C2=c3nc(N4CCOCC4)nc(-c4ccncc4)c3=NC2)nn1. The topological polar surface area (TPSA) is 98.5 Å². The molecule has 0 amide bonds. The molecule has 2 aliphatic rings. The Balaban J connectivity index is 1.72. The highest BCUT2D eigenvalue weighted by molar-refractivity contribution is 5.68. The zero-order valence-electron chi connectivity index (χ0n) is 15.9. The summed E-state index contributed by atoms with van der Waals surface area (Å²) in [6.07, 6.45) is 3.51. The molecule has 29 heavy (non-hydrogen) atoms. The molecule has 0 spiro atoms. The minimum atomic E-state index is 0.471. The summed E-state index contributed by atoms with van der Waals surface area (Å²) < 4.78 is 10.6. The first kappa shape index (κ1) is 17.6. The van der Waals surface area contributed by atoms with Gasteiger partial charge >= 0.3 is 0 Å². The van der Waals surface area contributed by atoms with Gasteiger partial charge in [0.25, 0.3) is 0 Å². The highest BCUT2D eigenvalue weighted by Gasteiger charge is 2.21. The van der Waals surface area contributed by atoms with E-state index in [9.17, 15) is 0 Å². The molecule has 0 aliphatic carbocycles. The number of methoxy groups -OCH3 is 1. The zero-order chi connectivity index (χ0) is 19.6. The monoisotopic (exact) mass is 389 g/mol. The molecule has 0 saturated carbocycles. The van der Waals surface area contributed by atoms with Gasteiger partial charge in [-0.3, -0.25) is 9.98 Å². The Hall–Kier alpha value is -3.46. The number of anilines is 1. The molecule has 5 rings (SSSR count). The van der Waals surface area contributed by atoms with E-state index in [4.69, 9.17) is 24.4 Å². The van der Waals surface area contributed by atoms with Gasteiger partial charge in [-0.1, -0.05) is 0 Å². The molecule has 0 N–H and O–H groups in total. The van der Waals surface area contributed by atoms with Crippen molar-refractivity contribution in [3.05, 3.63) is 53.1 Å². The van der Waals surface area contributed by atoms with Crippen LogP contribution in [0.2, 0.25) is 0 Å². The van der Waals surface area contributed by atoms with Gasteiger partial charge in [0, 0.05) is 42.7 Å². The molecule has 0 radical (unpaired) electrons. The number of rotatable bonds is 4. The van der Waals surface area contributed by atoms with E-state index in [1.165, 1.54) is 0 Å². The number of fused-ring (bicyclic) bond motifs is 1. The Kier molecular flexibility index (Phi) is 4.57. The molecule has 3 aromatic heterocycles. The van der Waals surface area contributed by atoms with Crippen LogP contribution >= 0.6 is 0 Å². The van der Waals surface area contributed by atoms with Crippen LogP contribution in [0, 0.1) is 0 Å². The lowest BCUT2D eigenvalue weighted by atomic mass is 10.1. The molecule has 1 saturated heterocycles.